The van der Waals surface area contributed by atoms with Crippen molar-refractivity contribution in [2.24, 2.45) is 5.92 Å². The lowest BCUT2D eigenvalue weighted by molar-refractivity contribution is 0.0947. The van der Waals surface area contributed by atoms with Crippen LogP contribution < -0.4 is 10.2 Å². The lowest BCUT2D eigenvalue weighted by Gasteiger charge is -2.28. The van der Waals surface area contributed by atoms with Crippen LogP contribution in [0.3, 0.4) is 0 Å². The molecule has 1 aliphatic carbocycles. The molecule has 0 radical (unpaired) electrons. The fourth-order valence-electron chi connectivity index (χ4n) is 4.95. The zero-order chi connectivity index (χ0) is 24.4. The minimum Gasteiger partial charge on any atom is -0.322 e. The number of carbonyl (C=O) groups is 2. The Bertz CT molecular complexity index is 1290. The number of anilines is 2. The highest BCUT2D eigenvalue weighted by Crippen LogP contribution is 2.30. The van der Waals surface area contributed by atoms with Crippen LogP contribution in [0.2, 0.25) is 0 Å². The van der Waals surface area contributed by atoms with Crippen LogP contribution in [0.4, 0.5) is 15.8 Å². The predicted molar refractivity (Wildman–Crippen MR) is 130 cm³/mol. The van der Waals surface area contributed by atoms with E-state index in [1.807, 2.05) is 30.3 Å². The first-order chi connectivity index (χ1) is 17.0. The van der Waals surface area contributed by atoms with Crippen molar-refractivity contribution in [3.05, 3.63) is 77.1 Å². The van der Waals surface area contributed by atoms with Gasteiger partial charge in [-0.2, -0.15) is 10.4 Å². The highest BCUT2D eigenvalue weighted by atomic mass is 19.1. The Hall–Kier alpha value is -3.99. The van der Waals surface area contributed by atoms with Gasteiger partial charge in [-0.25, -0.2) is 4.39 Å². The molecule has 1 aliphatic heterocycles. The number of nitriles is 1. The van der Waals surface area contributed by atoms with Crippen LogP contribution in [0, 0.1) is 17.2 Å². The van der Waals surface area contributed by atoms with Gasteiger partial charge in [-0.1, -0.05) is 18.2 Å². The number of hydrogen-bond donors (Lipinski definition) is 1. The molecule has 0 bridgehead atoms. The van der Waals surface area contributed by atoms with Crippen LogP contribution >= 0.6 is 0 Å². The number of nitrogens with one attached hydrogen (secondary N) is 1. The summed E-state index contributed by atoms with van der Waals surface area (Å²) in [5, 5.41) is 16.1. The fraction of sp³-hybridized carbons (Fsp3) is 0.333. The number of nitrogens with zero attached hydrogens (tertiary/aromatic N) is 4. The average molecular weight is 472 g/mol. The molecule has 7 nitrogen and oxygen atoms in total. The molecule has 1 fully saturated rings. The van der Waals surface area contributed by atoms with Crippen molar-refractivity contribution in [3.63, 3.8) is 0 Å². The highest BCUT2D eigenvalue weighted by Gasteiger charge is 2.32. The third-order valence-electron chi connectivity index (χ3n) is 6.87. The van der Waals surface area contributed by atoms with Crippen LogP contribution in [0.5, 0.6) is 0 Å². The molecule has 2 amide bonds. The summed E-state index contributed by atoms with van der Waals surface area (Å²) in [5.74, 6) is -0.220. The van der Waals surface area contributed by atoms with Crippen molar-refractivity contribution in [2.45, 2.75) is 44.8 Å². The Balaban J connectivity index is 1.30. The molecule has 0 spiro atoms. The van der Waals surface area contributed by atoms with Gasteiger partial charge in [-0.15, -0.1) is 0 Å². The van der Waals surface area contributed by atoms with Crippen LogP contribution in [0.15, 0.2) is 54.7 Å². The fourth-order valence-corrected chi connectivity index (χ4v) is 4.95. The molecule has 0 saturated heterocycles. The van der Waals surface area contributed by atoms with Gasteiger partial charge in [0.1, 0.15) is 11.9 Å². The quantitative estimate of drug-likeness (QED) is 0.582. The smallest absolute Gasteiger partial charge is 0.277 e. The number of aromatic nitrogens is 2. The summed E-state index contributed by atoms with van der Waals surface area (Å²) < 4.78 is 15.0. The lowest BCUT2D eigenvalue weighted by atomic mass is 9.84. The summed E-state index contributed by atoms with van der Waals surface area (Å²) in [7, 11) is 0. The Kier molecular flexibility index (Phi) is 6.32. The summed E-state index contributed by atoms with van der Waals surface area (Å²) >= 11 is 0. The average Bonchev–Trinajstić information content (AvgIpc) is 3.32. The number of benzene rings is 2. The largest absolute Gasteiger partial charge is 0.322 e. The third kappa shape index (κ3) is 4.80. The maximum Gasteiger partial charge on any atom is 0.277 e. The van der Waals surface area contributed by atoms with Gasteiger partial charge < -0.3 is 10.2 Å². The summed E-state index contributed by atoms with van der Waals surface area (Å²) in [6, 6.07) is 16.6. The molecule has 5 rings (SSSR count). The van der Waals surface area contributed by atoms with E-state index in [-0.39, 0.29) is 17.2 Å². The zero-order valence-electron chi connectivity index (χ0n) is 19.3. The Morgan fingerprint density at radius 3 is 2.63 bits per heavy atom. The molecule has 2 aromatic carbocycles. The van der Waals surface area contributed by atoms with Gasteiger partial charge in [-0.3, -0.25) is 14.3 Å². The van der Waals surface area contributed by atoms with Crippen LogP contribution in [0.1, 0.15) is 57.7 Å². The molecule has 8 heteroatoms. The van der Waals surface area contributed by atoms with E-state index >= 15 is 0 Å². The van der Waals surface area contributed by atoms with E-state index in [1.54, 1.807) is 33.8 Å². The minimum atomic E-state index is -0.651. The maximum absolute atomic E-state index is 13.4. The zero-order valence-corrected chi connectivity index (χ0v) is 19.3. The standard InChI is InChI=1S/C27H26FN5O2/c28-21-8-4-18(5-9-21)14-19-6-10-23(11-7-19)32-12-13-33-25(27(32)35)24(17-30-33)26(34)31-22-3-1-2-20(15-22)16-29/h1-3,6-7,10-11,15,17-18,21H,4-5,8-9,12-14H2,(H,31,34). The summed E-state index contributed by atoms with van der Waals surface area (Å²) in [6.07, 6.45) is 4.82. The summed E-state index contributed by atoms with van der Waals surface area (Å²) in [5.41, 5.74) is 3.31. The highest BCUT2D eigenvalue weighted by molar-refractivity contribution is 6.15. The SMILES string of the molecule is N#Cc1cccc(NC(=O)c2cnn3c2C(=O)N(c2ccc(CC4CCC(F)CC4)cc2)CC3)c1. The molecular formula is C27H26FN5O2. The molecule has 1 N–H and O–H groups in total. The van der Waals surface area contributed by atoms with Crippen molar-refractivity contribution in [2.75, 3.05) is 16.8 Å². The summed E-state index contributed by atoms with van der Waals surface area (Å²) in [4.78, 5) is 28.0. The van der Waals surface area contributed by atoms with Gasteiger partial charge in [0.05, 0.1) is 29.9 Å². The maximum atomic E-state index is 13.4. The van der Waals surface area contributed by atoms with Gasteiger partial charge in [-0.05, 0) is 73.9 Å². The second kappa shape index (κ2) is 9.71. The molecule has 2 heterocycles. The second-order valence-corrected chi connectivity index (χ2v) is 9.22. The molecule has 0 atom stereocenters. The number of rotatable bonds is 5. The Labute approximate surface area is 203 Å². The van der Waals surface area contributed by atoms with E-state index in [0.717, 1.165) is 24.9 Å². The van der Waals surface area contributed by atoms with Crippen molar-refractivity contribution >= 4 is 23.2 Å². The van der Waals surface area contributed by atoms with Crippen molar-refractivity contribution in [1.82, 2.24) is 9.78 Å². The second-order valence-electron chi connectivity index (χ2n) is 9.22. The van der Waals surface area contributed by atoms with Gasteiger partial charge in [0.2, 0.25) is 0 Å². The van der Waals surface area contributed by atoms with Crippen molar-refractivity contribution in [1.29, 1.82) is 5.26 Å². The molecule has 178 valence electrons. The number of hydrogen-bond acceptors (Lipinski definition) is 4. The van der Waals surface area contributed by atoms with Crippen LogP contribution in [-0.4, -0.2) is 34.3 Å². The molecule has 1 aromatic heterocycles. The van der Waals surface area contributed by atoms with E-state index < -0.39 is 12.1 Å². The predicted octanol–water partition coefficient (Wildman–Crippen LogP) is 4.74. The topological polar surface area (TPSA) is 91.0 Å². The number of amides is 2. The first kappa shape index (κ1) is 22.8. The van der Waals surface area contributed by atoms with Gasteiger partial charge in [0.15, 0.2) is 0 Å². The van der Waals surface area contributed by atoms with E-state index in [1.165, 1.54) is 11.8 Å². The van der Waals surface area contributed by atoms with Gasteiger partial charge in [0.25, 0.3) is 11.8 Å². The normalized spacial score (nSPS) is 19.7. The van der Waals surface area contributed by atoms with Crippen molar-refractivity contribution < 1.29 is 14.0 Å². The van der Waals surface area contributed by atoms with E-state index in [4.69, 9.17) is 5.26 Å². The number of carbonyl (C=O) groups excluding carboxylic acids is 2. The van der Waals surface area contributed by atoms with Gasteiger partial charge in [0, 0.05) is 17.9 Å². The first-order valence-corrected chi connectivity index (χ1v) is 11.9. The Morgan fingerprint density at radius 2 is 1.89 bits per heavy atom. The lowest BCUT2D eigenvalue weighted by Crippen LogP contribution is -2.41. The molecule has 35 heavy (non-hydrogen) atoms. The number of alkyl halides is 1. The first-order valence-electron chi connectivity index (χ1n) is 11.9. The Morgan fingerprint density at radius 1 is 1.11 bits per heavy atom. The van der Waals surface area contributed by atoms with E-state index in [2.05, 4.69) is 10.4 Å². The molecular weight excluding hydrogens is 445 g/mol. The monoisotopic (exact) mass is 471 g/mol. The molecule has 3 aromatic rings. The minimum absolute atomic E-state index is 0.196. The van der Waals surface area contributed by atoms with Crippen LogP contribution in [0.25, 0.3) is 0 Å². The van der Waals surface area contributed by atoms with E-state index in [9.17, 15) is 14.0 Å². The molecule has 0 unspecified atom stereocenters. The van der Waals surface area contributed by atoms with Crippen molar-refractivity contribution in [3.8, 4) is 6.07 Å². The molecule has 1 saturated carbocycles. The number of halogens is 1. The van der Waals surface area contributed by atoms with Crippen LogP contribution in [-0.2, 0) is 13.0 Å². The number of fused-ring (bicyclic) bond motifs is 1. The molecule has 2 aliphatic rings. The third-order valence-corrected chi connectivity index (χ3v) is 6.87. The van der Waals surface area contributed by atoms with E-state index in [0.29, 0.717) is 43.1 Å². The van der Waals surface area contributed by atoms with Gasteiger partial charge >= 0.3 is 0 Å². The summed E-state index contributed by atoms with van der Waals surface area (Å²) in [6.45, 7) is 0.936.